The van der Waals surface area contributed by atoms with Gasteiger partial charge in [0.1, 0.15) is 0 Å². The fraction of sp³-hybridized carbons (Fsp3) is 0.143. The predicted molar refractivity (Wildman–Crippen MR) is 134 cm³/mol. The van der Waals surface area contributed by atoms with Crippen molar-refractivity contribution in [3.63, 3.8) is 0 Å². The fourth-order valence-corrected chi connectivity index (χ4v) is 5.99. The summed E-state index contributed by atoms with van der Waals surface area (Å²) in [4.78, 5) is 29.2. The molecule has 0 spiro atoms. The average Bonchev–Trinajstić information content (AvgIpc) is 3.24. The van der Waals surface area contributed by atoms with Gasteiger partial charge in [-0.05, 0) is 43.7 Å². The van der Waals surface area contributed by atoms with Gasteiger partial charge in [-0.25, -0.2) is 8.42 Å². The normalized spacial score (nSPS) is 15.1. The first-order valence-electron chi connectivity index (χ1n) is 11.5. The highest BCUT2D eigenvalue weighted by molar-refractivity contribution is 7.91. The molecule has 2 aliphatic rings. The number of Topliss-reactive ketones (excluding diaryl/α,β-unsaturated/α-hetero) is 1. The van der Waals surface area contributed by atoms with Crippen molar-refractivity contribution in [2.24, 2.45) is 0 Å². The van der Waals surface area contributed by atoms with Crippen LogP contribution in [0.3, 0.4) is 0 Å². The third-order valence-electron chi connectivity index (χ3n) is 6.44. The van der Waals surface area contributed by atoms with Gasteiger partial charge in [0.15, 0.2) is 5.78 Å². The van der Waals surface area contributed by atoms with Crippen LogP contribution in [0.4, 0.5) is 0 Å². The van der Waals surface area contributed by atoms with Gasteiger partial charge < -0.3 is 10.2 Å². The summed E-state index contributed by atoms with van der Waals surface area (Å²) in [5.41, 5.74) is 3.71. The predicted octanol–water partition coefficient (Wildman–Crippen LogP) is 4.31. The Balaban J connectivity index is 1.66. The largest absolute Gasteiger partial charge is 0.371 e. The molecule has 0 bridgehead atoms. The molecule has 0 fully saturated rings. The van der Waals surface area contributed by atoms with Crippen molar-refractivity contribution in [3.8, 4) is 0 Å². The van der Waals surface area contributed by atoms with Gasteiger partial charge in [0, 0.05) is 24.2 Å². The summed E-state index contributed by atoms with van der Waals surface area (Å²) in [6, 6.07) is 21.8. The molecule has 1 aliphatic heterocycles. The number of nitrogens with zero attached hydrogens (tertiary/aromatic N) is 1. The Morgan fingerprint density at radius 1 is 0.714 bits per heavy atom. The summed E-state index contributed by atoms with van der Waals surface area (Å²) < 4.78 is 25.9. The first-order chi connectivity index (χ1) is 16.9. The monoisotopic (exact) mass is 484 g/mol. The van der Waals surface area contributed by atoms with E-state index in [1.54, 1.807) is 48.5 Å². The summed E-state index contributed by atoms with van der Waals surface area (Å²) in [5.74, 6) is -0.554. The number of hydrogen-bond donors (Lipinski definition) is 1. The Labute approximate surface area is 204 Å². The number of benzene rings is 3. The zero-order chi connectivity index (χ0) is 24.7. The van der Waals surface area contributed by atoms with Crippen molar-refractivity contribution in [2.45, 2.75) is 23.6 Å². The van der Waals surface area contributed by atoms with Crippen LogP contribution in [0.15, 0.2) is 99.8 Å². The number of rotatable bonds is 6. The summed E-state index contributed by atoms with van der Waals surface area (Å²) in [6.07, 6.45) is 0. The lowest BCUT2D eigenvalue weighted by atomic mass is 9.83. The molecule has 0 radical (unpaired) electrons. The molecule has 0 atom stereocenters. The van der Waals surface area contributed by atoms with Gasteiger partial charge in [-0.3, -0.25) is 9.59 Å². The highest BCUT2D eigenvalue weighted by Crippen LogP contribution is 2.42. The molecule has 35 heavy (non-hydrogen) atoms. The summed E-state index contributed by atoms with van der Waals surface area (Å²) in [6.45, 7) is 5.39. The van der Waals surface area contributed by atoms with Gasteiger partial charge in [0.2, 0.25) is 9.84 Å². The van der Waals surface area contributed by atoms with Crippen molar-refractivity contribution >= 4 is 32.9 Å². The first kappa shape index (κ1) is 22.8. The van der Waals surface area contributed by atoms with E-state index in [1.807, 2.05) is 32.0 Å². The molecular weight excluding hydrogens is 460 g/mol. The number of carbonyl (C=O) groups excluding carboxylic acids is 2. The SMILES string of the molecule is CCN(CC)C1=C2C(=O)NC(c3ccc(S(=O)(=O)c4ccccc4)cc3)=C2C(=O)c2ccccc21. The van der Waals surface area contributed by atoms with Gasteiger partial charge in [-0.2, -0.15) is 0 Å². The van der Waals surface area contributed by atoms with Crippen LogP contribution in [-0.2, 0) is 14.6 Å². The Kier molecular flexibility index (Phi) is 5.65. The summed E-state index contributed by atoms with van der Waals surface area (Å²) >= 11 is 0. The Morgan fingerprint density at radius 3 is 1.91 bits per heavy atom. The molecule has 3 aromatic carbocycles. The van der Waals surface area contributed by atoms with Gasteiger partial charge in [-0.15, -0.1) is 0 Å². The Morgan fingerprint density at radius 2 is 1.29 bits per heavy atom. The molecule has 1 aliphatic carbocycles. The number of amides is 1. The molecule has 1 heterocycles. The van der Waals surface area contributed by atoms with E-state index in [1.165, 1.54) is 12.1 Å². The highest BCUT2D eigenvalue weighted by atomic mass is 32.2. The van der Waals surface area contributed by atoms with Crippen molar-refractivity contribution in [1.82, 2.24) is 10.2 Å². The maximum Gasteiger partial charge on any atom is 0.258 e. The minimum absolute atomic E-state index is 0.141. The molecule has 1 amide bonds. The zero-order valence-corrected chi connectivity index (χ0v) is 20.2. The molecule has 5 rings (SSSR count). The van der Waals surface area contributed by atoms with Crippen LogP contribution in [0, 0.1) is 0 Å². The van der Waals surface area contributed by atoms with E-state index in [0.29, 0.717) is 41.1 Å². The lowest BCUT2D eigenvalue weighted by molar-refractivity contribution is -0.115. The van der Waals surface area contributed by atoms with Gasteiger partial charge in [0.05, 0.1) is 32.3 Å². The van der Waals surface area contributed by atoms with Gasteiger partial charge >= 0.3 is 0 Å². The van der Waals surface area contributed by atoms with E-state index in [-0.39, 0.29) is 21.5 Å². The smallest absolute Gasteiger partial charge is 0.258 e. The van der Waals surface area contributed by atoms with Crippen molar-refractivity contribution < 1.29 is 18.0 Å². The standard InChI is InChI=1S/C28H24N2O4S/c1-3-30(4-2)26-21-12-8-9-13-22(21)27(31)23-24(26)28(32)29-25(23)18-14-16-20(17-15-18)35(33,34)19-10-6-5-7-11-19/h5-17H,3-4H2,1-2H3,(H,29,32). The number of ketones is 1. The van der Waals surface area contributed by atoms with E-state index in [9.17, 15) is 18.0 Å². The number of nitrogens with one attached hydrogen (secondary N) is 1. The summed E-state index contributed by atoms with van der Waals surface area (Å²) in [5, 5.41) is 2.89. The van der Waals surface area contributed by atoms with Crippen LogP contribution in [-0.4, -0.2) is 38.1 Å². The summed E-state index contributed by atoms with van der Waals surface area (Å²) in [7, 11) is -3.68. The second kappa shape index (κ2) is 8.67. The lowest BCUT2D eigenvalue weighted by Crippen LogP contribution is -2.29. The maximum atomic E-state index is 13.6. The minimum Gasteiger partial charge on any atom is -0.371 e. The number of carbonyl (C=O) groups is 2. The maximum absolute atomic E-state index is 13.6. The average molecular weight is 485 g/mol. The number of hydrogen-bond acceptors (Lipinski definition) is 5. The third kappa shape index (κ3) is 3.59. The number of sulfone groups is 1. The van der Waals surface area contributed by atoms with Crippen LogP contribution < -0.4 is 5.32 Å². The minimum atomic E-state index is -3.68. The second-order valence-electron chi connectivity index (χ2n) is 8.32. The molecule has 0 aromatic heterocycles. The van der Waals surface area contributed by atoms with Crippen LogP contribution in [0.2, 0.25) is 0 Å². The van der Waals surface area contributed by atoms with Crippen molar-refractivity contribution in [2.75, 3.05) is 13.1 Å². The highest BCUT2D eigenvalue weighted by Gasteiger charge is 2.41. The number of fused-ring (bicyclic) bond motifs is 2. The van der Waals surface area contributed by atoms with Gasteiger partial charge in [-0.1, -0.05) is 54.6 Å². The fourth-order valence-electron chi connectivity index (χ4n) is 4.71. The van der Waals surface area contributed by atoms with Crippen LogP contribution in [0.1, 0.15) is 35.3 Å². The molecule has 1 N–H and O–H groups in total. The van der Waals surface area contributed by atoms with Crippen LogP contribution in [0.5, 0.6) is 0 Å². The van der Waals surface area contributed by atoms with E-state index in [0.717, 1.165) is 11.3 Å². The topological polar surface area (TPSA) is 83.6 Å². The third-order valence-corrected chi connectivity index (χ3v) is 8.23. The van der Waals surface area contributed by atoms with E-state index in [2.05, 4.69) is 10.2 Å². The Hall–Kier alpha value is -3.97. The van der Waals surface area contributed by atoms with Crippen molar-refractivity contribution in [1.29, 1.82) is 0 Å². The molecule has 0 unspecified atom stereocenters. The second-order valence-corrected chi connectivity index (χ2v) is 10.3. The molecule has 0 saturated carbocycles. The lowest BCUT2D eigenvalue weighted by Gasteiger charge is -2.30. The zero-order valence-electron chi connectivity index (χ0n) is 19.4. The van der Waals surface area contributed by atoms with Crippen LogP contribution in [0.25, 0.3) is 11.4 Å². The quantitative estimate of drug-likeness (QED) is 0.564. The van der Waals surface area contributed by atoms with E-state index in [4.69, 9.17) is 0 Å². The molecular formula is C28H24N2O4S. The Bertz CT molecular complexity index is 1510. The molecule has 0 saturated heterocycles. The molecule has 176 valence electrons. The molecule has 6 nitrogen and oxygen atoms in total. The van der Waals surface area contributed by atoms with E-state index >= 15 is 0 Å². The molecule has 3 aromatic rings. The van der Waals surface area contributed by atoms with Crippen LogP contribution >= 0.6 is 0 Å². The van der Waals surface area contributed by atoms with Gasteiger partial charge in [0.25, 0.3) is 5.91 Å². The molecule has 7 heteroatoms. The van der Waals surface area contributed by atoms with E-state index < -0.39 is 9.84 Å². The van der Waals surface area contributed by atoms with Crippen molar-refractivity contribution in [3.05, 3.63) is 107 Å². The first-order valence-corrected chi connectivity index (χ1v) is 13.0.